The first-order chi connectivity index (χ1) is 15.9. The molecular weight excluding hydrogens is 420 g/mol. The number of carbonyl (C=O) groups excluding carboxylic acids is 3. The van der Waals surface area contributed by atoms with Gasteiger partial charge in [-0.05, 0) is 56.1 Å². The van der Waals surface area contributed by atoms with Crippen molar-refractivity contribution in [1.82, 2.24) is 10.2 Å². The summed E-state index contributed by atoms with van der Waals surface area (Å²) in [5.41, 5.74) is 15.0. The van der Waals surface area contributed by atoms with E-state index in [2.05, 4.69) is 15.6 Å². The molecule has 0 aliphatic carbocycles. The molecule has 0 spiro atoms. The second-order valence-electron chi connectivity index (χ2n) is 8.33. The van der Waals surface area contributed by atoms with Gasteiger partial charge in [0.05, 0.1) is 23.8 Å². The number of nitrogens with zero attached hydrogens (tertiary/aromatic N) is 2. The Balaban J connectivity index is 1.40. The maximum atomic E-state index is 12.8. The number of rotatable bonds is 8. The van der Waals surface area contributed by atoms with Crippen LogP contribution in [0.25, 0.3) is 0 Å². The Hall–Kier alpha value is -3.56. The van der Waals surface area contributed by atoms with Gasteiger partial charge in [0.15, 0.2) is 0 Å². The van der Waals surface area contributed by atoms with E-state index in [4.69, 9.17) is 11.5 Å². The Morgan fingerprint density at radius 2 is 1.88 bits per heavy atom. The number of fused-ring (bicyclic) bond motifs is 4. The van der Waals surface area contributed by atoms with Crippen molar-refractivity contribution in [2.24, 2.45) is 16.5 Å². The van der Waals surface area contributed by atoms with Gasteiger partial charge in [0.2, 0.25) is 11.8 Å². The lowest BCUT2D eigenvalue weighted by atomic mass is 10.1. The van der Waals surface area contributed by atoms with Gasteiger partial charge in [-0.2, -0.15) is 0 Å². The lowest BCUT2D eigenvalue weighted by Gasteiger charge is -2.24. The summed E-state index contributed by atoms with van der Waals surface area (Å²) in [6.45, 7) is 2.53. The zero-order valence-corrected chi connectivity index (χ0v) is 18.5. The molecule has 2 aliphatic heterocycles. The number of anilines is 1. The number of unbranched alkanes of at least 4 members (excludes halogenated alkanes) is 1. The molecule has 6 N–H and O–H groups in total. The van der Waals surface area contributed by atoms with E-state index in [9.17, 15) is 14.4 Å². The molecule has 0 fully saturated rings. The average molecular weight is 449 g/mol. The molecule has 0 radical (unpaired) electrons. The van der Waals surface area contributed by atoms with Crippen molar-refractivity contribution in [2.75, 3.05) is 11.9 Å². The monoisotopic (exact) mass is 448 g/mol. The normalized spacial score (nSPS) is 15.7. The Morgan fingerprint density at radius 3 is 2.64 bits per heavy atom. The molecule has 4 rings (SSSR count). The second kappa shape index (κ2) is 9.51. The van der Waals surface area contributed by atoms with E-state index in [1.54, 1.807) is 30.0 Å². The first-order valence-corrected chi connectivity index (χ1v) is 11.1. The topological polar surface area (TPSA) is 143 Å². The molecule has 9 nitrogen and oxygen atoms in total. The fourth-order valence-corrected chi connectivity index (χ4v) is 3.98. The number of aliphatic imine (C=N–C) groups is 1. The smallest absolute Gasteiger partial charge is 0.260 e. The van der Waals surface area contributed by atoms with E-state index in [-0.39, 0.29) is 17.7 Å². The number of amidine groups is 1. The van der Waals surface area contributed by atoms with Crippen LogP contribution in [0.4, 0.5) is 11.4 Å². The molecule has 172 valence electrons. The van der Waals surface area contributed by atoms with E-state index < -0.39 is 12.1 Å². The molecule has 0 aromatic heterocycles. The molecule has 2 heterocycles. The zero-order chi connectivity index (χ0) is 23.5. The maximum absolute atomic E-state index is 12.8. The molecule has 9 heteroatoms. The van der Waals surface area contributed by atoms with Crippen molar-refractivity contribution in [3.63, 3.8) is 0 Å². The van der Waals surface area contributed by atoms with Gasteiger partial charge < -0.3 is 22.1 Å². The van der Waals surface area contributed by atoms with Gasteiger partial charge in [-0.25, -0.2) is 4.99 Å². The molecule has 2 aromatic carbocycles. The van der Waals surface area contributed by atoms with E-state index in [0.717, 1.165) is 29.7 Å². The first kappa shape index (κ1) is 22.6. The predicted molar refractivity (Wildman–Crippen MR) is 126 cm³/mol. The molecule has 0 saturated heterocycles. The summed E-state index contributed by atoms with van der Waals surface area (Å²) in [5, 5.41) is 5.47. The SMILES string of the molecule is C[C@@H](NC(=O)[C@@H](N)CCCCN)C(=O)Nc1ccc2c(c1)CN1C(=O)c3ccccc3C1=N2. The van der Waals surface area contributed by atoms with Crippen molar-refractivity contribution in [2.45, 2.75) is 44.8 Å². The van der Waals surface area contributed by atoms with Crippen LogP contribution in [-0.2, 0) is 16.1 Å². The Labute approximate surface area is 192 Å². The highest BCUT2D eigenvalue weighted by Crippen LogP contribution is 2.35. The summed E-state index contributed by atoms with van der Waals surface area (Å²) in [7, 11) is 0. The van der Waals surface area contributed by atoms with Gasteiger partial charge in [-0.3, -0.25) is 19.3 Å². The molecule has 0 unspecified atom stereocenters. The minimum Gasteiger partial charge on any atom is -0.343 e. The van der Waals surface area contributed by atoms with Crippen molar-refractivity contribution < 1.29 is 14.4 Å². The standard InChI is InChI=1S/C24H28N6O3/c1-14(27-23(32)19(26)8-4-5-11-25)22(31)28-16-9-10-20-15(12-16)13-30-21(29-20)17-6-2-3-7-18(17)24(30)33/h2-3,6-7,9-10,12,14,19H,4-5,8,11,13,25-26H2,1H3,(H,27,32)(H,28,31)/t14-,19+/m1/s1. The lowest BCUT2D eigenvalue weighted by Crippen LogP contribution is -2.48. The average Bonchev–Trinajstić information content (AvgIpc) is 3.09. The molecule has 33 heavy (non-hydrogen) atoms. The molecular formula is C24H28N6O3. The van der Waals surface area contributed by atoms with E-state index in [0.29, 0.717) is 36.6 Å². The van der Waals surface area contributed by atoms with Crippen LogP contribution < -0.4 is 22.1 Å². The number of hydrogen-bond acceptors (Lipinski definition) is 6. The van der Waals surface area contributed by atoms with Crippen LogP contribution in [-0.4, -0.2) is 47.1 Å². The maximum Gasteiger partial charge on any atom is 0.260 e. The second-order valence-corrected chi connectivity index (χ2v) is 8.33. The third-order valence-electron chi connectivity index (χ3n) is 5.86. The van der Waals surface area contributed by atoms with Crippen LogP contribution in [0.5, 0.6) is 0 Å². The van der Waals surface area contributed by atoms with Crippen LogP contribution in [0.2, 0.25) is 0 Å². The number of amides is 3. The van der Waals surface area contributed by atoms with E-state index in [1.807, 2.05) is 24.3 Å². The van der Waals surface area contributed by atoms with Crippen molar-refractivity contribution in [3.8, 4) is 0 Å². The molecule has 2 atom stereocenters. The summed E-state index contributed by atoms with van der Waals surface area (Å²) < 4.78 is 0. The molecule has 3 amide bonds. The number of nitrogens with one attached hydrogen (secondary N) is 2. The number of hydrogen-bond donors (Lipinski definition) is 4. The third kappa shape index (κ3) is 4.64. The molecule has 0 saturated carbocycles. The highest BCUT2D eigenvalue weighted by Gasteiger charge is 2.36. The van der Waals surface area contributed by atoms with Crippen LogP contribution in [0.3, 0.4) is 0 Å². The quantitative estimate of drug-likeness (QED) is 0.454. The summed E-state index contributed by atoms with van der Waals surface area (Å²) in [5.74, 6) is -0.154. The van der Waals surface area contributed by atoms with Crippen LogP contribution in [0.15, 0.2) is 47.5 Å². The third-order valence-corrected chi connectivity index (χ3v) is 5.86. The van der Waals surface area contributed by atoms with E-state index >= 15 is 0 Å². The van der Waals surface area contributed by atoms with Gasteiger partial charge in [-0.1, -0.05) is 24.6 Å². The fraction of sp³-hybridized carbons (Fsp3) is 0.333. The van der Waals surface area contributed by atoms with Crippen LogP contribution >= 0.6 is 0 Å². The van der Waals surface area contributed by atoms with Gasteiger partial charge in [-0.15, -0.1) is 0 Å². The Morgan fingerprint density at radius 1 is 1.12 bits per heavy atom. The minimum atomic E-state index is -0.756. The number of carbonyl (C=O) groups is 3. The summed E-state index contributed by atoms with van der Waals surface area (Å²) in [6, 6.07) is 11.4. The predicted octanol–water partition coefficient (Wildman–Crippen LogP) is 1.63. The zero-order valence-electron chi connectivity index (χ0n) is 18.5. The van der Waals surface area contributed by atoms with Gasteiger partial charge in [0.25, 0.3) is 5.91 Å². The van der Waals surface area contributed by atoms with Gasteiger partial charge in [0, 0.05) is 11.3 Å². The Kier molecular flexibility index (Phi) is 6.52. The van der Waals surface area contributed by atoms with Crippen molar-refractivity contribution in [1.29, 1.82) is 0 Å². The summed E-state index contributed by atoms with van der Waals surface area (Å²) in [6.07, 6.45) is 2.08. The number of benzene rings is 2. The highest BCUT2D eigenvalue weighted by atomic mass is 16.2. The fourth-order valence-electron chi connectivity index (χ4n) is 3.98. The lowest BCUT2D eigenvalue weighted by molar-refractivity contribution is -0.127. The van der Waals surface area contributed by atoms with Crippen LogP contribution in [0, 0.1) is 0 Å². The van der Waals surface area contributed by atoms with Gasteiger partial charge in [0.1, 0.15) is 11.9 Å². The summed E-state index contributed by atoms with van der Waals surface area (Å²) >= 11 is 0. The van der Waals surface area contributed by atoms with Crippen molar-refractivity contribution in [3.05, 3.63) is 59.2 Å². The van der Waals surface area contributed by atoms with Crippen molar-refractivity contribution >= 4 is 34.9 Å². The minimum absolute atomic E-state index is 0.0800. The molecule has 0 bridgehead atoms. The van der Waals surface area contributed by atoms with Crippen LogP contribution in [0.1, 0.15) is 47.7 Å². The Bertz CT molecular complexity index is 1130. The number of nitrogens with two attached hydrogens (primary N) is 2. The van der Waals surface area contributed by atoms with E-state index in [1.165, 1.54) is 0 Å². The summed E-state index contributed by atoms with van der Waals surface area (Å²) in [4.78, 5) is 43.9. The largest absolute Gasteiger partial charge is 0.343 e. The first-order valence-electron chi connectivity index (χ1n) is 11.1. The molecule has 2 aromatic rings. The van der Waals surface area contributed by atoms with Gasteiger partial charge >= 0.3 is 0 Å². The molecule has 2 aliphatic rings. The highest BCUT2D eigenvalue weighted by molar-refractivity contribution is 6.24.